The van der Waals surface area contributed by atoms with Gasteiger partial charge in [0.25, 0.3) is 0 Å². The molecule has 1 aromatic rings. The van der Waals surface area contributed by atoms with Crippen LogP contribution >= 0.6 is 7.75 Å². The minimum absolute atomic E-state index is 0.100. The molecular formula is C13H26N4O5P+. The van der Waals surface area contributed by atoms with Crippen LogP contribution in [-0.2, 0) is 23.1 Å². The molecule has 0 bridgehead atoms. The predicted molar refractivity (Wildman–Crippen MR) is 82.7 cm³/mol. The van der Waals surface area contributed by atoms with Crippen molar-refractivity contribution in [3.63, 3.8) is 0 Å². The van der Waals surface area contributed by atoms with E-state index in [0.29, 0.717) is 17.6 Å². The summed E-state index contributed by atoms with van der Waals surface area (Å²) in [6.45, 7) is 5.10. The van der Waals surface area contributed by atoms with E-state index in [2.05, 4.69) is 10.2 Å². The van der Waals surface area contributed by atoms with E-state index in [4.69, 9.17) is 18.5 Å². The molecule has 9 nitrogen and oxygen atoms in total. The molecule has 0 radical (unpaired) electrons. The first kappa shape index (κ1) is 18.5. The van der Waals surface area contributed by atoms with Crippen molar-refractivity contribution in [2.75, 3.05) is 47.5 Å². The Morgan fingerprint density at radius 3 is 2.48 bits per heavy atom. The van der Waals surface area contributed by atoms with Crippen molar-refractivity contribution < 1.29 is 27.6 Å². The van der Waals surface area contributed by atoms with E-state index in [9.17, 15) is 4.57 Å². The third-order valence-electron chi connectivity index (χ3n) is 3.20. The molecule has 10 heteroatoms. The van der Waals surface area contributed by atoms with Crippen molar-refractivity contribution in [3.05, 3.63) is 12.7 Å². The van der Waals surface area contributed by atoms with Crippen molar-refractivity contribution in [2.45, 2.75) is 25.7 Å². The molecule has 0 amide bonds. The Morgan fingerprint density at radius 2 is 1.96 bits per heavy atom. The Balaban J connectivity index is 1.96. The molecule has 1 aromatic heterocycles. The summed E-state index contributed by atoms with van der Waals surface area (Å²) in [5, 5.41) is 7.34. The number of aromatic nitrogens is 3. The minimum atomic E-state index is -3.56. The van der Waals surface area contributed by atoms with E-state index in [1.165, 1.54) is 17.0 Å². The molecular weight excluding hydrogens is 323 g/mol. The Morgan fingerprint density at radius 1 is 1.30 bits per heavy atom. The summed E-state index contributed by atoms with van der Waals surface area (Å²) >= 11 is 0. The van der Waals surface area contributed by atoms with Crippen molar-refractivity contribution in [2.24, 2.45) is 0 Å². The molecule has 132 valence electrons. The average Bonchev–Trinajstić information content (AvgIpc) is 3.04. The minimum Gasteiger partial charge on any atom is -0.348 e. The Hall–Kier alpha value is -0.830. The van der Waals surface area contributed by atoms with Gasteiger partial charge < -0.3 is 14.0 Å². The van der Waals surface area contributed by atoms with E-state index >= 15 is 0 Å². The van der Waals surface area contributed by atoms with E-state index in [1.807, 2.05) is 35.0 Å². The van der Waals surface area contributed by atoms with Crippen LogP contribution in [0.4, 0.5) is 0 Å². The molecule has 2 heterocycles. The fourth-order valence-corrected chi connectivity index (χ4v) is 3.30. The van der Waals surface area contributed by atoms with E-state index < -0.39 is 13.5 Å². The summed E-state index contributed by atoms with van der Waals surface area (Å²) < 4.78 is 37.2. The fraction of sp³-hybridized carbons (Fsp3) is 0.846. The predicted octanol–water partition coefficient (Wildman–Crippen LogP) is 1.13. The number of likely N-dealkylation sites (N-methyl/N-ethyl adjacent to an activating group) is 1. The monoisotopic (exact) mass is 349 g/mol. The van der Waals surface area contributed by atoms with Gasteiger partial charge in [0.2, 0.25) is 0 Å². The van der Waals surface area contributed by atoms with Gasteiger partial charge in [-0.25, -0.2) is 8.90 Å². The number of hydrogen-bond acceptors (Lipinski definition) is 7. The van der Waals surface area contributed by atoms with E-state index in [-0.39, 0.29) is 19.3 Å². The maximum Gasteiger partial charge on any atom is 0.441 e. The molecule has 0 spiro atoms. The van der Waals surface area contributed by atoms with Gasteiger partial charge in [0.15, 0.2) is 5.79 Å². The third-order valence-corrected chi connectivity index (χ3v) is 4.95. The van der Waals surface area contributed by atoms with Gasteiger partial charge in [-0.3, -0.25) is 9.05 Å². The third kappa shape index (κ3) is 5.63. The first-order chi connectivity index (χ1) is 10.6. The van der Waals surface area contributed by atoms with Crippen LogP contribution in [0.5, 0.6) is 0 Å². The zero-order valence-electron chi connectivity index (χ0n) is 14.3. The molecule has 2 unspecified atom stereocenters. The SMILES string of the molecule is CC1(C)OCC(COP(=O)(OCC[N+](C)(C)C)n2cnnc2)O1. The lowest BCUT2D eigenvalue weighted by Gasteiger charge is -2.25. The number of nitrogens with zero attached hydrogens (tertiary/aromatic N) is 4. The van der Waals surface area contributed by atoms with Gasteiger partial charge in [0.05, 0.1) is 34.4 Å². The van der Waals surface area contributed by atoms with Gasteiger partial charge in [-0.15, -0.1) is 10.2 Å². The van der Waals surface area contributed by atoms with E-state index in [1.54, 1.807) is 0 Å². The van der Waals surface area contributed by atoms with Crippen molar-refractivity contribution in [1.29, 1.82) is 0 Å². The van der Waals surface area contributed by atoms with Crippen molar-refractivity contribution in [3.8, 4) is 0 Å². The molecule has 1 aliphatic heterocycles. The molecule has 0 aromatic carbocycles. The highest BCUT2D eigenvalue weighted by molar-refractivity contribution is 7.52. The topological polar surface area (TPSA) is 84.7 Å². The van der Waals surface area contributed by atoms with Gasteiger partial charge in [-0.2, -0.15) is 0 Å². The first-order valence-electron chi connectivity index (χ1n) is 7.46. The second kappa shape index (κ2) is 6.96. The van der Waals surface area contributed by atoms with Crippen LogP contribution in [-0.4, -0.2) is 78.4 Å². The summed E-state index contributed by atoms with van der Waals surface area (Å²) in [5.41, 5.74) is 0. The maximum absolute atomic E-state index is 13.0. The summed E-state index contributed by atoms with van der Waals surface area (Å²) in [7, 11) is 2.52. The second-order valence-corrected chi connectivity index (χ2v) is 8.82. The van der Waals surface area contributed by atoms with Crippen LogP contribution in [0, 0.1) is 0 Å². The highest BCUT2D eigenvalue weighted by atomic mass is 31.2. The number of ether oxygens (including phenoxy) is 2. The lowest BCUT2D eigenvalue weighted by molar-refractivity contribution is -0.870. The molecule has 2 rings (SSSR count). The molecule has 2 atom stereocenters. The normalized spacial score (nSPS) is 23.8. The number of quaternary nitrogens is 1. The van der Waals surface area contributed by atoms with Gasteiger partial charge in [0, 0.05) is 0 Å². The molecule has 23 heavy (non-hydrogen) atoms. The van der Waals surface area contributed by atoms with Gasteiger partial charge in [-0.1, -0.05) is 0 Å². The first-order valence-corrected chi connectivity index (χ1v) is 8.96. The van der Waals surface area contributed by atoms with Crippen LogP contribution in [0.1, 0.15) is 13.8 Å². The van der Waals surface area contributed by atoms with Crippen molar-refractivity contribution >= 4 is 7.75 Å². The van der Waals surface area contributed by atoms with Gasteiger partial charge >= 0.3 is 7.75 Å². The molecule has 1 fully saturated rings. The second-order valence-electron chi connectivity index (χ2n) is 6.90. The van der Waals surface area contributed by atoms with Crippen LogP contribution in [0.3, 0.4) is 0 Å². The molecule has 1 aliphatic rings. The molecule has 1 saturated heterocycles. The zero-order valence-corrected chi connectivity index (χ0v) is 15.2. The Kier molecular flexibility index (Phi) is 5.60. The van der Waals surface area contributed by atoms with Gasteiger partial charge in [0.1, 0.15) is 31.9 Å². The van der Waals surface area contributed by atoms with E-state index in [0.717, 1.165) is 0 Å². The standard InChI is InChI=1S/C13H26N4O5P/c1-13(2)19-8-12(22-13)9-21-23(18,16-10-14-15-11-16)20-7-6-17(3,4)5/h10-12H,6-9H2,1-5H3/q+1. The Labute approximate surface area is 136 Å². The summed E-state index contributed by atoms with van der Waals surface area (Å²) in [6, 6.07) is 0. The zero-order chi connectivity index (χ0) is 17.1. The Bertz CT molecular complexity index is 543. The molecule has 0 aliphatic carbocycles. The van der Waals surface area contributed by atoms with Crippen LogP contribution in [0.25, 0.3) is 0 Å². The molecule has 0 N–H and O–H groups in total. The number of hydrogen-bond donors (Lipinski definition) is 0. The highest BCUT2D eigenvalue weighted by Gasteiger charge is 2.36. The van der Waals surface area contributed by atoms with Crippen LogP contribution in [0.15, 0.2) is 12.7 Å². The lowest BCUT2D eigenvalue weighted by Crippen LogP contribution is -2.37. The van der Waals surface area contributed by atoms with Crippen molar-refractivity contribution in [1.82, 2.24) is 14.5 Å². The van der Waals surface area contributed by atoms with Gasteiger partial charge in [-0.05, 0) is 13.8 Å². The number of rotatable bonds is 8. The lowest BCUT2D eigenvalue weighted by atomic mass is 10.4. The van der Waals surface area contributed by atoms with Crippen LogP contribution in [0.2, 0.25) is 0 Å². The fourth-order valence-electron chi connectivity index (χ4n) is 1.94. The summed E-state index contributed by atoms with van der Waals surface area (Å²) in [6.07, 6.45) is 2.35. The summed E-state index contributed by atoms with van der Waals surface area (Å²) in [4.78, 5) is 0. The maximum atomic E-state index is 13.0. The summed E-state index contributed by atoms with van der Waals surface area (Å²) in [5.74, 6) is -0.654. The average molecular weight is 349 g/mol. The molecule has 0 saturated carbocycles. The highest BCUT2D eigenvalue weighted by Crippen LogP contribution is 2.49. The largest absolute Gasteiger partial charge is 0.441 e. The quantitative estimate of drug-likeness (QED) is 0.514. The smallest absolute Gasteiger partial charge is 0.348 e. The van der Waals surface area contributed by atoms with Crippen LogP contribution < -0.4 is 0 Å².